The zero-order valence-electron chi connectivity index (χ0n) is 22.5. The van der Waals surface area contributed by atoms with Gasteiger partial charge in [0.1, 0.15) is 23.3 Å². The minimum absolute atomic E-state index is 0.0439. The highest BCUT2D eigenvalue weighted by Gasteiger charge is 2.28. The molecule has 0 radical (unpaired) electrons. The van der Waals surface area contributed by atoms with Crippen molar-refractivity contribution in [3.05, 3.63) is 82.9 Å². The summed E-state index contributed by atoms with van der Waals surface area (Å²) in [6.45, 7) is 8.16. The van der Waals surface area contributed by atoms with Gasteiger partial charge in [-0.05, 0) is 56.4 Å². The number of carbonyl (C=O) groups is 1. The molecule has 2 heterocycles. The van der Waals surface area contributed by atoms with Gasteiger partial charge in [-0.15, -0.1) is 0 Å². The van der Waals surface area contributed by atoms with Gasteiger partial charge in [0.05, 0.1) is 35.5 Å². The van der Waals surface area contributed by atoms with Gasteiger partial charge < -0.3 is 14.8 Å². The highest BCUT2D eigenvalue weighted by atomic mass is 35.5. The zero-order valence-corrected chi connectivity index (χ0v) is 23.3. The molecule has 2 aliphatic carbocycles. The molecule has 0 bridgehead atoms. The Hall–Kier alpha value is -3.36. The normalized spacial score (nSPS) is 21.3. The fourth-order valence-corrected chi connectivity index (χ4v) is 5.37. The smallest absolute Gasteiger partial charge is 0.233 e. The Morgan fingerprint density at radius 1 is 1.28 bits per heavy atom. The fourth-order valence-electron chi connectivity index (χ4n) is 5.05. The van der Waals surface area contributed by atoms with E-state index in [4.69, 9.17) is 26.5 Å². The summed E-state index contributed by atoms with van der Waals surface area (Å²) in [7, 11) is 1.67. The maximum atomic E-state index is 11.7. The number of nitrogens with one attached hydrogen (secondary N) is 2. The van der Waals surface area contributed by atoms with Crippen LogP contribution >= 0.6 is 11.6 Å². The maximum absolute atomic E-state index is 11.7. The molecule has 1 aromatic carbocycles. The van der Waals surface area contributed by atoms with Crippen LogP contribution in [0.4, 0.5) is 0 Å². The SMILES string of the molecule is C=C1C=CC(c2cnn(C3CCN(CC(=O)NC)CC3)c2)C=C(OC(C)c2c(Cl)cccc2OC2CC2)C1=N. The van der Waals surface area contributed by atoms with Crippen molar-refractivity contribution in [3.8, 4) is 5.75 Å². The van der Waals surface area contributed by atoms with Gasteiger partial charge in [0.15, 0.2) is 0 Å². The Bertz CT molecular complexity index is 1300. The minimum atomic E-state index is -0.423. The lowest BCUT2D eigenvalue weighted by molar-refractivity contribution is -0.122. The molecule has 2 aromatic rings. The molecule has 2 atom stereocenters. The molecule has 1 saturated carbocycles. The lowest BCUT2D eigenvalue weighted by Crippen LogP contribution is -2.41. The van der Waals surface area contributed by atoms with Crippen molar-refractivity contribution in [2.45, 2.75) is 56.8 Å². The summed E-state index contributed by atoms with van der Waals surface area (Å²) in [4.78, 5) is 13.9. The Morgan fingerprint density at radius 3 is 2.77 bits per heavy atom. The van der Waals surface area contributed by atoms with E-state index in [-0.39, 0.29) is 29.7 Å². The van der Waals surface area contributed by atoms with Gasteiger partial charge in [-0.25, -0.2) is 0 Å². The summed E-state index contributed by atoms with van der Waals surface area (Å²) in [6, 6.07) is 5.93. The number of allylic oxidation sites excluding steroid dienone is 4. The number of likely N-dealkylation sites (tertiary alicyclic amines) is 1. The molecular weight excluding hydrogens is 514 g/mol. The van der Waals surface area contributed by atoms with Crippen LogP contribution in [0.2, 0.25) is 5.02 Å². The highest BCUT2D eigenvalue weighted by Crippen LogP contribution is 2.39. The van der Waals surface area contributed by atoms with E-state index in [1.807, 2.05) is 54.2 Å². The van der Waals surface area contributed by atoms with Crippen LogP contribution in [0.1, 0.15) is 61.8 Å². The highest BCUT2D eigenvalue weighted by molar-refractivity contribution is 6.31. The maximum Gasteiger partial charge on any atom is 0.233 e. The third-order valence-electron chi connectivity index (χ3n) is 7.53. The number of ether oxygens (including phenoxy) is 2. The fraction of sp³-hybridized carbons (Fsp3) is 0.433. The molecule has 5 rings (SSSR count). The van der Waals surface area contributed by atoms with Crippen LogP contribution in [0.15, 0.2) is 66.7 Å². The van der Waals surface area contributed by atoms with Crippen molar-refractivity contribution < 1.29 is 14.3 Å². The van der Waals surface area contributed by atoms with E-state index in [1.165, 1.54) is 0 Å². The van der Waals surface area contributed by atoms with E-state index in [2.05, 4.69) is 28.1 Å². The second-order valence-corrected chi connectivity index (χ2v) is 10.9. The Kier molecular flexibility index (Phi) is 8.23. The van der Waals surface area contributed by atoms with Gasteiger partial charge in [0.2, 0.25) is 5.91 Å². The van der Waals surface area contributed by atoms with Crippen LogP contribution in [0.25, 0.3) is 0 Å². The summed E-state index contributed by atoms with van der Waals surface area (Å²) in [5, 5.41) is 16.7. The van der Waals surface area contributed by atoms with E-state index < -0.39 is 6.10 Å². The first kappa shape index (κ1) is 27.2. The van der Waals surface area contributed by atoms with E-state index in [0.717, 1.165) is 55.6 Å². The Morgan fingerprint density at radius 2 is 2.05 bits per heavy atom. The Balaban J connectivity index is 1.31. The molecule has 2 N–H and O–H groups in total. The van der Waals surface area contributed by atoms with Gasteiger partial charge >= 0.3 is 0 Å². The molecule has 1 amide bonds. The molecule has 9 heteroatoms. The lowest BCUT2D eigenvalue weighted by Gasteiger charge is -2.31. The van der Waals surface area contributed by atoms with Gasteiger partial charge in [0, 0.05) is 37.8 Å². The van der Waals surface area contributed by atoms with Crippen molar-refractivity contribution in [1.29, 1.82) is 5.41 Å². The number of hydrogen-bond donors (Lipinski definition) is 2. The summed E-state index contributed by atoms with van der Waals surface area (Å²) in [6.07, 6.45) is 13.6. The third kappa shape index (κ3) is 6.45. The predicted octanol–water partition coefficient (Wildman–Crippen LogP) is 5.35. The summed E-state index contributed by atoms with van der Waals surface area (Å²) >= 11 is 6.59. The number of piperidine rings is 1. The molecule has 206 valence electrons. The topological polar surface area (TPSA) is 92.5 Å². The molecule has 8 nitrogen and oxygen atoms in total. The van der Waals surface area contributed by atoms with E-state index >= 15 is 0 Å². The Labute approximate surface area is 234 Å². The van der Waals surface area contributed by atoms with Crippen molar-refractivity contribution in [1.82, 2.24) is 20.0 Å². The first-order valence-corrected chi connectivity index (χ1v) is 14.0. The van der Waals surface area contributed by atoms with Gasteiger partial charge in [-0.2, -0.15) is 5.10 Å². The molecule has 1 aromatic heterocycles. The first-order chi connectivity index (χ1) is 18.8. The number of hydrogen-bond acceptors (Lipinski definition) is 6. The van der Waals surface area contributed by atoms with Crippen molar-refractivity contribution >= 4 is 23.2 Å². The molecular formula is C30H36ClN5O3. The van der Waals surface area contributed by atoms with Gasteiger partial charge in [-0.3, -0.25) is 19.8 Å². The van der Waals surface area contributed by atoms with Crippen LogP contribution in [-0.2, 0) is 9.53 Å². The second-order valence-electron chi connectivity index (χ2n) is 10.5. The molecule has 3 aliphatic rings. The number of rotatable bonds is 9. The lowest BCUT2D eigenvalue weighted by atomic mass is 10.0. The van der Waals surface area contributed by atoms with Crippen LogP contribution in [-0.4, -0.2) is 59.1 Å². The molecule has 39 heavy (non-hydrogen) atoms. The number of likely N-dealkylation sites (N-methyl/N-ethyl adjacent to an activating group) is 1. The van der Waals surface area contributed by atoms with E-state index in [1.54, 1.807) is 7.05 Å². The molecule has 2 unspecified atom stereocenters. The quantitative estimate of drug-likeness (QED) is 0.440. The van der Waals surface area contributed by atoms with Crippen LogP contribution in [0.5, 0.6) is 5.75 Å². The summed E-state index contributed by atoms with van der Waals surface area (Å²) < 4.78 is 14.5. The zero-order chi connectivity index (χ0) is 27.5. The summed E-state index contributed by atoms with van der Waals surface area (Å²) in [5.41, 5.74) is 2.63. The average Bonchev–Trinajstić information content (AvgIpc) is 3.64. The molecule has 0 spiro atoms. The van der Waals surface area contributed by atoms with Crippen LogP contribution in [0.3, 0.4) is 0 Å². The van der Waals surface area contributed by atoms with Gasteiger partial charge in [-0.1, -0.05) is 36.4 Å². The number of aromatic nitrogens is 2. The minimum Gasteiger partial charge on any atom is -0.490 e. The third-order valence-corrected chi connectivity index (χ3v) is 7.86. The number of nitrogens with zero attached hydrogens (tertiary/aromatic N) is 3. The standard InChI is InChI=1S/C30H36ClN5O3/c1-19-7-8-21(22-16-34-36(17-22)23-11-13-35(14-12-23)18-28(37)33-3)15-27(30(19)32)38-20(2)29-25(31)5-4-6-26(29)39-24-9-10-24/h4-8,15-17,20-21,23-24,32H,1,9-14,18H2,2-3H3,(H,33,37). The van der Waals surface area contributed by atoms with E-state index in [0.29, 0.717) is 22.9 Å². The largest absolute Gasteiger partial charge is 0.490 e. The number of amides is 1. The molecule has 2 fully saturated rings. The summed E-state index contributed by atoms with van der Waals surface area (Å²) in [5.74, 6) is 1.11. The van der Waals surface area contributed by atoms with E-state index in [9.17, 15) is 4.79 Å². The van der Waals surface area contributed by atoms with Crippen LogP contribution < -0.4 is 10.1 Å². The van der Waals surface area contributed by atoms with Crippen LogP contribution in [0, 0.1) is 5.41 Å². The number of benzene rings is 1. The molecule has 1 aliphatic heterocycles. The molecule has 1 saturated heterocycles. The first-order valence-electron chi connectivity index (χ1n) is 13.6. The second kappa shape index (κ2) is 11.8. The number of carbonyl (C=O) groups excluding carboxylic acids is 1. The average molecular weight is 550 g/mol. The van der Waals surface area contributed by atoms with Gasteiger partial charge in [0.25, 0.3) is 0 Å². The number of halogens is 1. The monoisotopic (exact) mass is 549 g/mol. The van der Waals surface area contributed by atoms with Crippen molar-refractivity contribution in [2.75, 3.05) is 26.7 Å². The predicted molar refractivity (Wildman–Crippen MR) is 152 cm³/mol. The van der Waals surface area contributed by atoms with Crippen molar-refractivity contribution in [2.24, 2.45) is 0 Å². The van der Waals surface area contributed by atoms with Crippen molar-refractivity contribution in [3.63, 3.8) is 0 Å².